The minimum Gasteiger partial charge on any atom is -0.326 e. The lowest BCUT2D eigenvalue weighted by atomic mass is 10.0. The topological polar surface area (TPSA) is 95.2 Å². The summed E-state index contributed by atoms with van der Waals surface area (Å²) in [5.74, 6) is -0.321. The van der Waals surface area contributed by atoms with Crippen molar-refractivity contribution in [3.63, 3.8) is 0 Å². The summed E-state index contributed by atoms with van der Waals surface area (Å²) in [6.07, 6.45) is 4.24. The zero-order valence-corrected chi connectivity index (χ0v) is 19.3. The van der Waals surface area contributed by atoms with Crippen molar-refractivity contribution in [2.75, 3.05) is 18.9 Å². The molecular weight excluding hydrogens is 443 g/mol. The lowest BCUT2D eigenvalue weighted by Gasteiger charge is -2.20. The minimum atomic E-state index is -3.58. The average molecular weight is 471 g/mol. The Morgan fingerprint density at radius 3 is 2.61 bits per heavy atom. The van der Waals surface area contributed by atoms with E-state index in [2.05, 4.69) is 15.5 Å². The van der Waals surface area contributed by atoms with E-state index in [0.29, 0.717) is 25.1 Å². The number of fused-ring (bicyclic) bond motifs is 1. The number of halogens is 1. The number of aromatic nitrogens is 2. The molecule has 0 saturated carbocycles. The molecule has 1 amide bonds. The Morgan fingerprint density at radius 1 is 1.03 bits per heavy atom. The van der Waals surface area contributed by atoms with Crippen molar-refractivity contribution in [3.05, 3.63) is 65.6 Å². The van der Waals surface area contributed by atoms with E-state index in [0.717, 1.165) is 48.2 Å². The summed E-state index contributed by atoms with van der Waals surface area (Å²) < 4.78 is 40.3. The second-order valence-corrected chi connectivity index (χ2v) is 10.3. The number of nitrogens with zero attached hydrogens (tertiary/aromatic N) is 2. The van der Waals surface area contributed by atoms with Gasteiger partial charge in [0.05, 0.1) is 10.6 Å². The molecule has 0 unspecified atom stereocenters. The van der Waals surface area contributed by atoms with E-state index in [1.807, 2.05) is 6.07 Å². The summed E-state index contributed by atoms with van der Waals surface area (Å²) in [5.41, 5.74) is 4.17. The van der Waals surface area contributed by atoms with Gasteiger partial charge in [0.2, 0.25) is 15.9 Å². The van der Waals surface area contributed by atoms with E-state index in [9.17, 15) is 17.6 Å². The van der Waals surface area contributed by atoms with E-state index in [1.54, 1.807) is 37.4 Å². The zero-order chi connectivity index (χ0) is 23.4. The van der Waals surface area contributed by atoms with Crippen LogP contribution in [0, 0.1) is 5.82 Å². The fourth-order valence-electron chi connectivity index (χ4n) is 3.91. The Balaban J connectivity index is 1.25. The number of benzene rings is 2. The zero-order valence-electron chi connectivity index (χ0n) is 18.5. The highest BCUT2D eigenvalue weighted by Crippen LogP contribution is 2.27. The van der Waals surface area contributed by atoms with E-state index < -0.39 is 10.0 Å². The molecule has 3 aromatic rings. The Labute approximate surface area is 193 Å². The number of hydrogen-bond donors (Lipinski definition) is 2. The van der Waals surface area contributed by atoms with Crippen molar-refractivity contribution in [1.29, 1.82) is 0 Å². The molecule has 33 heavy (non-hydrogen) atoms. The quantitative estimate of drug-likeness (QED) is 0.460. The van der Waals surface area contributed by atoms with Gasteiger partial charge in [0, 0.05) is 37.0 Å². The molecule has 2 heterocycles. The Hall–Kier alpha value is -3.04. The van der Waals surface area contributed by atoms with Gasteiger partial charge in [0.15, 0.2) is 0 Å². The molecule has 2 N–H and O–H groups in total. The summed E-state index contributed by atoms with van der Waals surface area (Å²) in [6.45, 7) is 0.431. The van der Waals surface area contributed by atoms with Crippen LogP contribution in [0.5, 0.6) is 0 Å². The number of anilines is 1. The van der Waals surface area contributed by atoms with Crippen LogP contribution in [-0.2, 0) is 27.7 Å². The normalized spacial score (nSPS) is 13.7. The first-order valence-electron chi connectivity index (χ1n) is 11.0. The van der Waals surface area contributed by atoms with E-state index in [1.165, 1.54) is 16.4 Å². The first-order valence-corrected chi connectivity index (χ1v) is 12.5. The smallest absolute Gasteiger partial charge is 0.242 e. The monoisotopic (exact) mass is 470 g/mol. The number of sulfonamides is 1. The van der Waals surface area contributed by atoms with Gasteiger partial charge in [-0.3, -0.25) is 9.89 Å². The highest BCUT2D eigenvalue weighted by molar-refractivity contribution is 7.89. The third kappa shape index (κ3) is 5.48. The van der Waals surface area contributed by atoms with Crippen LogP contribution in [0.2, 0.25) is 0 Å². The van der Waals surface area contributed by atoms with Crippen LogP contribution in [0.1, 0.15) is 36.9 Å². The van der Waals surface area contributed by atoms with Crippen LogP contribution in [-0.4, -0.2) is 42.4 Å². The van der Waals surface area contributed by atoms with Gasteiger partial charge in [0.25, 0.3) is 0 Å². The largest absolute Gasteiger partial charge is 0.326 e. The highest BCUT2D eigenvalue weighted by Gasteiger charge is 2.23. The molecule has 0 fully saturated rings. The third-order valence-corrected chi connectivity index (χ3v) is 7.72. The first kappa shape index (κ1) is 23.1. The molecule has 0 saturated heterocycles. The summed E-state index contributed by atoms with van der Waals surface area (Å²) in [6, 6.07) is 13.1. The summed E-state index contributed by atoms with van der Waals surface area (Å²) in [5, 5.41) is 10.1. The number of carbonyl (C=O) groups excluding carboxylic acids is 1. The Morgan fingerprint density at radius 2 is 1.82 bits per heavy atom. The van der Waals surface area contributed by atoms with Crippen LogP contribution >= 0.6 is 0 Å². The average Bonchev–Trinajstić information content (AvgIpc) is 3.27. The molecular formula is C24H27FN4O3S. The standard InChI is InChI=1S/C24H27FN4O3S/c1-29(33(31,32)21-11-12-22-18(15-21)8-13-24(30)26-22)14-4-2-3-5-20-16-23(28-27-20)17-6-9-19(25)10-7-17/h6-7,9-12,15-16H,2-5,8,13-14H2,1H3,(H,26,30)(H,27,28). The molecule has 0 bridgehead atoms. The molecule has 174 valence electrons. The van der Waals surface area contributed by atoms with Crippen molar-refractivity contribution < 1.29 is 17.6 Å². The molecule has 0 aliphatic carbocycles. The van der Waals surface area contributed by atoms with Gasteiger partial charge < -0.3 is 5.32 Å². The van der Waals surface area contributed by atoms with Crippen LogP contribution in [0.4, 0.5) is 10.1 Å². The van der Waals surface area contributed by atoms with Gasteiger partial charge in [-0.05, 0) is 79.8 Å². The number of aromatic amines is 1. The van der Waals surface area contributed by atoms with E-state index >= 15 is 0 Å². The molecule has 0 radical (unpaired) electrons. The predicted molar refractivity (Wildman–Crippen MR) is 125 cm³/mol. The second kappa shape index (κ2) is 9.84. The molecule has 9 heteroatoms. The number of aryl methyl sites for hydroxylation is 2. The maximum atomic E-state index is 13.1. The van der Waals surface area contributed by atoms with Crippen molar-refractivity contribution in [3.8, 4) is 11.3 Å². The number of rotatable bonds is 9. The summed E-state index contributed by atoms with van der Waals surface area (Å²) in [7, 11) is -1.98. The third-order valence-electron chi connectivity index (χ3n) is 5.87. The maximum Gasteiger partial charge on any atom is 0.242 e. The summed E-state index contributed by atoms with van der Waals surface area (Å²) >= 11 is 0. The fraction of sp³-hybridized carbons (Fsp3) is 0.333. The lowest BCUT2D eigenvalue weighted by molar-refractivity contribution is -0.116. The molecule has 4 rings (SSSR count). The maximum absolute atomic E-state index is 13.1. The first-order chi connectivity index (χ1) is 15.8. The number of hydrogen-bond acceptors (Lipinski definition) is 4. The van der Waals surface area contributed by atoms with Crippen LogP contribution in [0.25, 0.3) is 11.3 Å². The van der Waals surface area contributed by atoms with Crippen LogP contribution in [0.3, 0.4) is 0 Å². The van der Waals surface area contributed by atoms with Crippen molar-refractivity contribution in [1.82, 2.24) is 14.5 Å². The SMILES string of the molecule is CN(CCCCCc1cc(-c2ccc(F)cc2)n[nH]1)S(=O)(=O)c1ccc2c(c1)CCC(=O)N2. The lowest BCUT2D eigenvalue weighted by Crippen LogP contribution is -2.28. The van der Waals surface area contributed by atoms with Gasteiger partial charge >= 0.3 is 0 Å². The number of H-pyrrole nitrogens is 1. The molecule has 0 atom stereocenters. The number of nitrogens with one attached hydrogen (secondary N) is 2. The number of unbranched alkanes of at least 4 members (excludes halogenated alkanes) is 2. The molecule has 1 aliphatic rings. The molecule has 0 spiro atoms. The highest BCUT2D eigenvalue weighted by atomic mass is 32.2. The van der Waals surface area contributed by atoms with Gasteiger partial charge in [-0.25, -0.2) is 17.1 Å². The van der Waals surface area contributed by atoms with Crippen LogP contribution < -0.4 is 5.32 Å². The van der Waals surface area contributed by atoms with Gasteiger partial charge in [0.1, 0.15) is 5.82 Å². The van der Waals surface area contributed by atoms with Crippen molar-refractivity contribution in [2.24, 2.45) is 0 Å². The fourth-order valence-corrected chi connectivity index (χ4v) is 5.17. The molecule has 7 nitrogen and oxygen atoms in total. The number of carbonyl (C=O) groups is 1. The Kier molecular flexibility index (Phi) is 6.90. The minimum absolute atomic E-state index is 0.0444. The predicted octanol–water partition coefficient (Wildman–Crippen LogP) is 4.13. The number of amides is 1. The van der Waals surface area contributed by atoms with Gasteiger partial charge in [-0.1, -0.05) is 6.42 Å². The van der Waals surface area contributed by atoms with Gasteiger partial charge in [-0.2, -0.15) is 5.10 Å². The molecule has 1 aromatic heterocycles. The van der Waals surface area contributed by atoms with Crippen molar-refractivity contribution >= 4 is 21.6 Å². The van der Waals surface area contributed by atoms with Gasteiger partial charge in [-0.15, -0.1) is 0 Å². The Bertz CT molecular complexity index is 1240. The second-order valence-electron chi connectivity index (χ2n) is 8.29. The molecule has 2 aromatic carbocycles. The summed E-state index contributed by atoms with van der Waals surface area (Å²) in [4.78, 5) is 11.8. The molecule has 1 aliphatic heterocycles. The van der Waals surface area contributed by atoms with Crippen LogP contribution in [0.15, 0.2) is 53.4 Å². The van der Waals surface area contributed by atoms with E-state index in [-0.39, 0.29) is 16.6 Å². The van der Waals surface area contributed by atoms with Crippen molar-refractivity contribution in [2.45, 2.75) is 43.4 Å². The van der Waals surface area contributed by atoms with E-state index in [4.69, 9.17) is 0 Å².